The van der Waals surface area contributed by atoms with Crippen molar-refractivity contribution in [3.8, 4) is 22.9 Å². The van der Waals surface area contributed by atoms with Gasteiger partial charge in [0.1, 0.15) is 11.9 Å². The molecule has 0 bridgehead atoms. The molecule has 0 radical (unpaired) electrons. The van der Waals surface area contributed by atoms with E-state index < -0.39 is 30.6 Å². The van der Waals surface area contributed by atoms with Gasteiger partial charge in [0, 0.05) is 30.0 Å². The quantitative estimate of drug-likeness (QED) is 0.279. The number of aliphatic hydroxyl groups excluding tert-OH is 1. The van der Waals surface area contributed by atoms with Crippen molar-refractivity contribution >= 4 is 0 Å². The highest BCUT2D eigenvalue weighted by Crippen LogP contribution is 2.44. The Kier molecular flexibility index (Phi) is 7.71. The van der Waals surface area contributed by atoms with Crippen LogP contribution in [-0.2, 0) is 12.6 Å². The molecule has 2 N–H and O–H groups in total. The van der Waals surface area contributed by atoms with Crippen molar-refractivity contribution in [2.45, 2.75) is 69.8 Å². The lowest BCUT2D eigenvalue weighted by Crippen LogP contribution is -2.40. The van der Waals surface area contributed by atoms with E-state index in [0.29, 0.717) is 62.3 Å². The van der Waals surface area contributed by atoms with Gasteiger partial charge >= 0.3 is 12.5 Å². The van der Waals surface area contributed by atoms with E-state index in [0.717, 1.165) is 0 Å². The zero-order valence-corrected chi connectivity index (χ0v) is 23.2. The molecule has 2 aliphatic heterocycles. The maximum absolute atomic E-state index is 14.2. The molecule has 3 aromatic rings. The molecule has 1 aliphatic carbocycles. The van der Waals surface area contributed by atoms with E-state index in [1.165, 1.54) is 29.2 Å². The van der Waals surface area contributed by atoms with Crippen LogP contribution in [0.15, 0.2) is 36.7 Å². The Balaban J connectivity index is 1.27. The summed E-state index contributed by atoms with van der Waals surface area (Å²) in [5.74, 6) is -0.412. The lowest BCUT2D eigenvalue weighted by atomic mass is 9.85. The van der Waals surface area contributed by atoms with Gasteiger partial charge in [-0.15, -0.1) is 8.78 Å². The largest absolute Gasteiger partial charge is 0.586 e. The van der Waals surface area contributed by atoms with Gasteiger partial charge in [-0.25, -0.2) is 4.68 Å². The van der Waals surface area contributed by atoms with Crippen LogP contribution < -0.4 is 14.2 Å². The number of benzene rings is 1. The normalized spacial score (nSPS) is 21.2. The molecule has 0 amide bonds. The Morgan fingerprint density at radius 2 is 1.81 bits per heavy atom. The second-order valence-electron chi connectivity index (χ2n) is 11.3. The van der Waals surface area contributed by atoms with Crippen molar-refractivity contribution in [1.29, 1.82) is 0 Å². The van der Waals surface area contributed by atoms with Gasteiger partial charge in [-0.3, -0.25) is 4.98 Å². The predicted molar refractivity (Wildman–Crippen MR) is 141 cm³/mol. The van der Waals surface area contributed by atoms with Crippen molar-refractivity contribution in [2.75, 3.05) is 19.6 Å². The molecule has 14 heteroatoms. The molecule has 2 atom stereocenters. The number of halogens is 5. The highest BCUT2D eigenvalue weighted by atomic mass is 19.4. The number of nitrogens with zero attached hydrogens (tertiary/aromatic N) is 4. The van der Waals surface area contributed by atoms with Gasteiger partial charge in [0.2, 0.25) is 0 Å². The van der Waals surface area contributed by atoms with Crippen LogP contribution >= 0.6 is 0 Å². The van der Waals surface area contributed by atoms with Crippen molar-refractivity contribution in [2.24, 2.45) is 5.92 Å². The molecule has 6 rings (SSSR count). The minimum atomic E-state index is -4.64. The lowest BCUT2D eigenvalue weighted by Gasteiger charge is -2.36. The van der Waals surface area contributed by atoms with Crippen molar-refractivity contribution in [3.05, 3.63) is 59.2 Å². The third kappa shape index (κ3) is 6.13. The molecule has 9 nitrogen and oxygen atoms in total. The van der Waals surface area contributed by atoms with E-state index in [9.17, 15) is 32.2 Å². The number of aromatic nitrogens is 3. The van der Waals surface area contributed by atoms with Crippen LogP contribution in [0, 0.1) is 5.92 Å². The van der Waals surface area contributed by atoms with Crippen LogP contribution in [0.25, 0.3) is 5.69 Å². The van der Waals surface area contributed by atoms with Gasteiger partial charge in [0.15, 0.2) is 23.5 Å². The first kappa shape index (κ1) is 29.6. The Morgan fingerprint density at radius 3 is 2.53 bits per heavy atom. The zero-order valence-electron chi connectivity index (χ0n) is 23.2. The molecule has 1 fully saturated rings. The third-order valence-electron chi connectivity index (χ3n) is 8.34. The maximum Gasteiger partial charge on any atom is 0.586 e. The molecule has 43 heavy (non-hydrogen) atoms. The van der Waals surface area contributed by atoms with Gasteiger partial charge in [-0.1, -0.05) is 6.07 Å². The fraction of sp³-hybridized carbons (Fsp3) is 0.517. The summed E-state index contributed by atoms with van der Waals surface area (Å²) in [6.07, 6.45) is -4.85. The van der Waals surface area contributed by atoms with E-state index >= 15 is 0 Å². The number of likely N-dealkylation sites (tertiary alicyclic amines) is 1. The average molecular weight is 611 g/mol. The molecule has 0 saturated carbocycles. The standard InChI is InChI=1S/C29H31F5N4O5/c1-16(18-5-6-23-24(11-18)43-29(33,34)42-23)41-21-12-20(13-35-14-21)38-25-19(15-37-9-7-17(8-10-37)27(39)40)3-2-4-22(25)26(36-38)28(30,31)32/h5-6,11-14,16-17,19,27,39-40H,2-4,7-10,15H2,1H3/t16-,19+/m0/s1. The SMILES string of the molecule is C[C@H](Oc1cncc(-n2nc(C(F)(F)F)c3c2[C@@H](CN2CCC(C(O)O)CC2)CCC3)c1)c1ccc2c(c1)OC(F)(F)O2. The van der Waals surface area contributed by atoms with Gasteiger partial charge in [-0.2, -0.15) is 18.3 Å². The van der Waals surface area contributed by atoms with Crippen molar-refractivity contribution in [1.82, 2.24) is 19.7 Å². The first-order valence-corrected chi connectivity index (χ1v) is 14.2. The van der Waals surface area contributed by atoms with E-state index in [1.807, 2.05) is 0 Å². The number of ether oxygens (including phenoxy) is 3. The molecule has 232 valence electrons. The zero-order chi connectivity index (χ0) is 30.5. The first-order valence-electron chi connectivity index (χ1n) is 14.2. The maximum atomic E-state index is 14.2. The topological polar surface area (TPSA) is 102 Å². The predicted octanol–water partition coefficient (Wildman–Crippen LogP) is 5.19. The van der Waals surface area contributed by atoms with Crippen LogP contribution in [0.2, 0.25) is 0 Å². The summed E-state index contributed by atoms with van der Waals surface area (Å²) >= 11 is 0. The van der Waals surface area contributed by atoms with Crippen molar-refractivity contribution in [3.63, 3.8) is 0 Å². The van der Waals surface area contributed by atoms with Gasteiger partial charge < -0.3 is 29.3 Å². The third-order valence-corrected chi connectivity index (χ3v) is 8.34. The van der Waals surface area contributed by atoms with E-state index in [4.69, 9.17) is 4.74 Å². The molecular formula is C29H31F5N4O5. The highest BCUT2D eigenvalue weighted by molar-refractivity contribution is 5.46. The second-order valence-corrected chi connectivity index (χ2v) is 11.3. The number of hydrogen-bond donors (Lipinski definition) is 2. The van der Waals surface area contributed by atoms with Crippen molar-refractivity contribution < 1.29 is 46.4 Å². The van der Waals surface area contributed by atoms with Crippen LogP contribution in [-0.4, -0.2) is 62.1 Å². The molecule has 0 unspecified atom stereocenters. The molecule has 4 heterocycles. The summed E-state index contributed by atoms with van der Waals surface area (Å²) in [6.45, 7) is 3.45. The van der Waals surface area contributed by atoms with Crippen LogP contribution in [0.1, 0.15) is 67.1 Å². The Hall–Kier alpha value is -3.49. The van der Waals surface area contributed by atoms with Crippen LogP contribution in [0.4, 0.5) is 22.0 Å². The number of piperidine rings is 1. The van der Waals surface area contributed by atoms with Gasteiger partial charge in [0.25, 0.3) is 0 Å². The summed E-state index contributed by atoms with van der Waals surface area (Å²) in [4.78, 5) is 6.36. The summed E-state index contributed by atoms with van der Waals surface area (Å²) in [6, 6.07) is 5.84. The minimum absolute atomic E-state index is 0.0987. The average Bonchev–Trinajstić information content (AvgIpc) is 3.50. The van der Waals surface area contributed by atoms with E-state index in [2.05, 4.69) is 24.5 Å². The lowest BCUT2D eigenvalue weighted by molar-refractivity contribution is -0.286. The smallest absolute Gasteiger partial charge is 0.484 e. The molecule has 2 aromatic heterocycles. The van der Waals surface area contributed by atoms with Gasteiger partial charge in [-0.05, 0) is 69.8 Å². The molecular weight excluding hydrogens is 579 g/mol. The fourth-order valence-corrected chi connectivity index (χ4v) is 6.22. The number of hydrogen-bond acceptors (Lipinski definition) is 8. The van der Waals surface area contributed by atoms with Gasteiger partial charge in [0.05, 0.1) is 23.8 Å². The second kappa shape index (κ2) is 11.2. The Bertz CT molecular complexity index is 1470. The van der Waals surface area contributed by atoms with E-state index in [-0.39, 0.29) is 41.1 Å². The summed E-state index contributed by atoms with van der Waals surface area (Å²) in [5.41, 5.74) is 0.577. The number of aliphatic hydroxyl groups is 2. The van der Waals surface area contributed by atoms with E-state index in [1.54, 1.807) is 19.1 Å². The van der Waals surface area contributed by atoms with Crippen LogP contribution in [0.5, 0.6) is 17.2 Å². The summed E-state index contributed by atoms with van der Waals surface area (Å²) in [7, 11) is 0. The summed E-state index contributed by atoms with van der Waals surface area (Å²) in [5, 5.41) is 23.1. The summed E-state index contributed by atoms with van der Waals surface area (Å²) < 4.78 is 85.6. The number of alkyl halides is 5. The molecule has 0 spiro atoms. The molecule has 1 aromatic carbocycles. The minimum Gasteiger partial charge on any atom is -0.484 e. The number of rotatable bonds is 7. The molecule has 1 saturated heterocycles. The Labute approximate surface area is 243 Å². The van der Waals surface area contributed by atoms with Crippen LogP contribution in [0.3, 0.4) is 0 Å². The monoisotopic (exact) mass is 610 g/mol. The first-order chi connectivity index (χ1) is 20.4. The number of fused-ring (bicyclic) bond motifs is 2. The highest BCUT2D eigenvalue weighted by Gasteiger charge is 2.44. The molecule has 3 aliphatic rings. The number of pyridine rings is 1. The Morgan fingerprint density at radius 1 is 1.07 bits per heavy atom. The fourth-order valence-electron chi connectivity index (χ4n) is 6.22.